The summed E-state index contributed by atoms with van der Waals surface area (Å²) >= 11 is 0. The fourth-order valence-corrected chi connectivity index (χ4v) is 2.43. The molecule has 0 unspecified atom stereocenters. The normalized spacial score (nSPS) is 10.9. The SMILES string of the molecule is Cc1nc(C)c(C(=O)O)c(-c2c[nH]c3ccccc23)n1. The summed E-state index contributed by atoms with van der Waals surface area (Å²) in [6.07, 6.45) is 1.79. The van der Waals surface area contributed by atoms with Crippen LogP contribution in [-0.2, 0) is 0 Å². The van der Waals surface area contributed by atoms with Crippen molar-refractivity contribution in [2.45, 2.75) is 13.8 Å². The number of aromatic amines is 1. The maximum atomic E-state index is 11.5. The minimum absolute atomic E-state index is 0.153. The summed E-state index contributed by atoms with van der Waals surface area (Å²) < 4.78 is 0. The molecule has 2 heterocycles. The molecule has 0 aliphatic rings. The summed E-state index contributed by atoms with van der Waals surface area (Å²) in [7, 11) is 0. The minimum Gasteiger partial charge on any atom is -0.478 e. The number of aromatic carboxylic acids is 1. The summed E-state index contributed by atoms with van der Waals surface area (Å²) in [5.41, 5.74) is 2.82. The van der Waals surface area contributed by atoms with Gasteiger partial charge in [-0.3, -0.25) is 0 Å². The monoisotopic (exact) mass is 267 g/mol. The molecule has 0 fully saturated rings. The number of hydrogen-bond donors (Lipinski definition) is 2. The van der Waals surface area contributed by atoms with Gasteiger partial charge in [-0.05, 0) is 19.9 Å². The molecule has 0 saturated carbocycles. The van der Waals surface area contributed by atoms with Gasteiger partial charge in [-0.1, -0.05) is 18.2 Å². The van der Waals surface area contributed by atoms with E-state index in [-0.39, 0.29) is 5.56 Å². The van der Waals surface area contributed by atoms with Gasteiger partial charge in [0.2, 0.25) is 0 Å². The molecule has 100 valence electrons. The Balaban J connectivity index is 2.37. The Kier molecular flexibility index (Phi) is 2.75. The van der Waals surface area contributed by atoms with Crippen molar-refractivity contribution in [1.82, 2.24) is 15.0 Å². The van der Waals surface area contributed by atoms with Crippen molar-refractivity contribution in [2.75, 3.05) is 0 Å². The minimum atomic E-state index is -1.01. The van der Waals surface area contributed by atoms with Crippen LogP contribution in [0.2, 0.25) is 0 Å². The van der Waals surface area contributed by atoms with Crippen LogP contribution in [-0.4, -0.2) is 26.0 Å². The van der Waals surface area contributed by atoms with Gasteiger partial charge in [0.05, 0.1) is 11.4 Å². The highest BCUT2D eigenvalue weighted by Crippen LogP contribution is 2.30. The second kappa shape index (κ2) is 4.45. The van der Waals surface area contributed by atoms with Gasteiger partial charge in [0.15, 0.2) is 0 Å². The van der Waals surface area contributed by atoms with E-state index in [0.717, 1.165) is 16.5 Å². The number of rotatable bonds is 2. The number of carboxylic acids is 1. The van der Waals surface area contributed by atoms with Gasteiger partial charge in [0.1, 0.15) is 11.4 Å². The molecule has 0 aliphatic carbocycles. The van der Waals surface area contributed by atoms with Crippen LogP contribution in [0.25, 0.3) is 22.2 Å². The zero-order chi connectivity index (χ0) is 14.3. The number of para-hydroxylation sites is 1. The van der Waals surface area contributed by atoms with E-state index in [9.17, 15) is 9.90 Å². The summed E-state index contributed by atoms with van der Waals surface area (Å²) in [5.74, 6) is -0.449. The third kappa shape index (κ3) is 1.84. The predicted octanol–water partition coefficient (Wildman–Crippen LogP) is 2.94. The first-order valence-corrected chi connectivity index (χ1v) is 6.23. The van der Waals surface area contributed by atoms with E-state index in [2.05, 4.69) is 15.0 Å². The summed E-state index contributed by atoms with van der Waals surface area (Å²) in [6, 6.07) is 7.73. The van der Waals surface area contributed by atoms with Gasteiger partial charge in [-0.25, -0.2) is 14.8 Å². The largest absolute Gasteiger partial charge is 0.478 e. The molecule has 0 bridgehead atoms. The fourth-order valence-electron chi connectivity index (χ4n) is 2.43. The van der Waals surface area contributed by atoms with Crippen LogP contribution >= 0.6 is 0 Å². The number of carboxylic acid groups (broad SMARTS) is 1. The Morgan fingerprint density at radius 3 is 2.70 bits per heavy atom. The van der Waals surface area contributed by atoms with Crippen molar-refractivity contribution in [2.24, 2.45) is 0 Å². The van der Waals surface area contributed by atoms with Gasteiger partial charge >= 0.3 is 5.97 Å². The fraction of sp³-hybridized carbons (Fsp3) is 0.133. The molecule has 0 amide bonds. The zero-order valence-corrected chi connectivity index (χ0v) is 11.1. The maximum absolute atomic E-state index is 11.5. The van der Waals surface area contributed by atoms with Crippen LogP contribution in [0.1, 0.15) is 21.9 Å². The molecule has 0 saturated heterocycles. The smallest absolute Gasteiger partial charge is 0.339 e. The first kappa shape index (κ1) is 12.3. The molecule has 5 nitrogen and oxygen atoms in total. The Morgan fingerprint density at radius 1 is 1.20 bits per heavy atom. The van der Waals surface area contributed by atoms with Crippen molar-refractivity contribution in [1.29, 1.82) is 0 Å². The number of hydrogen-bond acceptors (Lipinski definition) is 3. The highest BCUT2D eigenvalue weighted by Gasteiger charge is 2.20. The Morgan fingerprint density at radius 2 is 1.95 bits per heavy atom. The van der Waals surface area contributed by atoms with Crippen LogP contribution < -0.4 is 0 Å². The number of aromatic nitrogens is 3. The Labute approximate surface area is 115 Å². The van der Waals surface area contributed by atoms with E-state index in [1.54, 1.807) is 20.0 Å². The second-order valence-electron chi connectivity index (χ2n) is 4.63. The highest BCUT2D eigenvalue weighted by molar-refractivity contribution is 6.02. The number of benzene rings is 1. The van der Waals surface area contributed by atoms with Gasteiger partial charge in [-0.2, -0.15) is 0 Å². The molecular weight excluding hydrogens is 254 g/mol. The summed E-state index contributed by atoms with van der Waals surface area (Å²) in [5, 5.41) is 10.4. The van der Waals surface area contributed by atoms with E-state index in [0.29, 0.717) is 17.2 Å². The van der Waals surface area contributed by atoms with E-state index >= 15 is 0 Å². The number of H-pyrrole nitrogens is 1. The van der Waals surface area contributed by atoms with Gasteiger partial charge < -0.3 is 10.1 Å². The lowest BCUT2D eigenvalue weighted by Crippen LogP contribution is -2.08. The molecule has 20 heavy (non-hydrogen) atoms. The quantitative estimate of drug-likeness (QED) is 0.748. The zero-order valence-electron chi connectivity index (χ0n) is 11.1. The van der Waals surface area contributed by atoms with Crippen molar-refractivity contribution in [3.05, 3.63) is 47.5 Å². The van der Waals surface area contributed by atoms with Crippen molar-refractivity contribution in [3.63, 3.8) is 0 Å². The first-order valence-electron chi connectivity index (χ1n) is 6.23. The van der Waals surface area contributed by atoms with Crippen LogP contribution in [0, 0.1) is 13.8 Å². The lowest BCUT2D eigenvalue weighted by Gasteiger charge is -2.08. The molecular formula is C15H13N3O2. The molecule has 3 aromatic rings. The summed E-state index contributed by atoms with van der Waals surface area (Å²) in [6.45, 7) is 3.45. The lowest BCUT2D eigenvalue weighted by atomic mass is 10.0. The second-order valence-corrected chi connectivity index (χ2v) is 4.63. The molecule has 0 spiro atoms. The van der Waals surface area contributed by atoms with Crippen LogP contribution in [0.4, 0.5) is 0 Å². The predicted molar refractivity (Wildman–Crippen MR) is 75.8 cm³/mol. The van der Waals surface area contributed by atoms with Crippen LogP contribution in [0.15, 0.2) is 30.5 Å². The number of carbonyl (C=O) groups is 1. The van der Waals surface area contributed by atoms with E-state index < -0.39 is 5.97 Å². The molecule has 2 aromatic heterocycles. The number of fused-ring (bicyclic) bond motifs is 1. The molecule has 2 N–H and O–H groups in total. The Hall–Kier alpha value is -2.69. The van der Waals surface area contributed by atoms with Gasteiger partial charge in [-0.15, -0.1) is 0 Å². The number of nitrogens with zero attached hydrogens (tertiary/aromatic N) is 2. The molecule has 0 aliphatic heterocycles. The number of aryl methyl sites for hydroxylation is 2. The number of nitrogens with one attached hydrogen (secondary N) is 1. The molecule has 5 heteroatoms. The van der Waals surface area contributed by atoms with E-state index in [1.165, 1.54) is 0 Å². The van der Waals surface area contributed by atoms with Crippen molar-refractivity contribution >= 4 is 16.9 Å². The van der Waals surface area contributed by atoms with Crippen LogP contribution in [0.3, 0.4) is 0 Å². The van der Waals surface area contributed by atoms with Gasteiger partial charge in [0, 0.05) is 22.7 Å². The Bertz CT molecular complexity index is 821. The van der Waals surface area contributed by atoms with Crippen molar-refractivity contribution < 1.29 is 9.90 Å². The van der Waals surface area contributed by atoms with E-state index in [1.807, 2.05) is 24.3 Å². The molecule has 3 rings (SSSR count). The highest BCUT2D eigenvalue weighted by atomic mass is 16.4. The molecule has 0 atom stereocenters. The van der Waals surface area contributed by atoms with Crippen molar-refractivity contribution in [3.8, 4) is 11.3 Å². The summed E-state index contributed by atoms with van der Waals surface area (Å²) in [4.78, 5) is 23.1. The first-order chi connectivity index (χ1) is 9.58. The average molecular weight is 267 g/mol. The van der Waals surface area contributed by atoms with Crippen LogP contribution in [0.5, 0.6) is 0 Å². The maximum Gasteiger partial charge on any atom is 0.339 e. The van der Waals surface area contributed by atoms with Gasteiger partial charge in [0.25, 0.3) is 0 Å². The topological polar surface area (TPSA) is 78.9 Å². The standard InChI is InChI=1S/C15H13N3O2/c1-8-13(15(19)20)14(18-9(2)17-8)11-7-16-12-6-4-3-5-10(11)12/h3-7,16H,1-2H3,(H,19,20). The third-order valence-corrected chi connectivity index (χ3v) is 3.26. The lowest BCUT2D eigenvalue weighted by molar-refractivity contribution is 0.0696. The third-order valence-electron chi connectivity index (χ3n) is 3.26. The molecule has 1 aromatic carbocycles. The molecule has 0 radical (unpaired) electrons. The van der Waals surface area contributed by atoms with E-state index in [4.69, 9.17) is 0 Å². The average Bonchev–Trinajstić information content (AvgIpc) is 2.80.